The van der Waals surface area contributed by atoms with Gasteiger partial charge in [0, 0.05) is 18.8 Å². The molecule has 5 heteroatoms. The summed E-state index contributed by atoms with van der Waals surface area (Å²) in [5.74, 6) is -0.127. The predicted octanol–water partition coefficient (Wildman–Crippen LogP) is 3.11. The molecule has 1 aromatic heterocycles. The smallest absolute Gasteiger partial charge is 0.257 e. The Morgan fingerprint density at radius 1 is 1.24 bits per heavy atom. The van der Waals surface area contributed by atoms with Crippen LogP contribution in [0.15, 0.2) is 24.3 Å². The lowest BCUT2D eigenvalue weighted by atomic mass is 10.1. The van der Waals surface area contributed by atoms with E-state index in [1.165, 1.54) is 0 Å². The number of carbonyl (C=O) groups excluding carboxylic acids is 1. The van der Waals surface area contributed by atoms with Gasteiger partial charge >= 0.3 is 0 Å². The second kappa shape index (κ2) is 5.99. The second-order valence-corrected chi connectivity index (χ2v) is 5.47. The van der Waals surface area contributed by atoms with Gasteiger partial charge in [-0.05, 0) is 39.8 Å². The van der Waals surface area contributed by atoms with Gasteiger partial charge in [-0.1, -0.05) is 12.1 Å². The number of aromatic nitrogens is 2. The first-order chi connectivity index (χ1) is 9.90. The molecule has 0 radical (unpaired) electrons. The van der Waals surface area contributed by atoms with Gasteiger partial charge in [0.05, 0.1) is 22.6 Å². The number of para-hydroxylation sites is 1. The summed E-state index contributed by atoms with van der Waals surface area (Å²) in [5.41, 5.74) is 4.01. The first kappa shape index (κ1) is 15.1. The highest BCUT2D eigenvalue weighted by molar-refractivity contribution is 6.08. The standard InChI is InChI=1S/C16H22N4O/c1-10(2)17-14-9-7-6-8-13(14)16(21)18-15-11(3)19-20(5)12(15)4/h6-10,17H,1-5H3,(H,18,21). The summed E-state index contributed by atoms with van der Waals surface area (Å²) in [4.78, 5) is 12.5. The summed E-state index contributed by atoms with van der Waals surface area (Å²) in [6, 6.07) is 7.78. The third-order valence-corrected chi connectivity index (χ3v) is 3.36. The maximum absolute atomic E-state index is 12.5. The first-order valence-corrected chi connectivity index (χ1v) is 7.07. The summed E-state index contributed by atoms with van der Waals surface area (Å²) in [6.07, 6.45) is 0. The van der Waals surface area contributed by atoms with E-state index < -0.39 is 0 Å². The van der Waals surface area contributed by atoms with Crippen molar-refractivity contribution in [1.29, 1.82) is 0 Å². The lowest BCUT2D eigenvalue weighted by molar-refractivity contribution is 0.102. The van der Waals surface area contributed by atoms with Gasteiger partial charge in [0.15, 0.2) is 0 Å². The number of nitrogens with one attached hydrogen (secondary N) is 2. The van der Waals surface area contributed by atoms with Crippen molar-refractivity contribution < 1.29 is 4.79 Å². The van der Waals surface area contributed by atoms with Gasteiger partial charge in [-0.3, -0.25) is 9.48 Å². The molecule has 0 aliphatic heterocycles. The molecule has 2 N–H and O–H groups in total. The lowest BCUT2D eigenvalue weighted by Gasteiger charge is -2.14. The van der Waals surface area contributed by atoms with Crippen LogP contribution in [0.25, 0.3) is 0 Å². The van der Waals surface area contributed by atoms with E-state index in [2.05, 4.69) is 15.7 Å². The largest absolute Gasteiger partial charge is 0.382 e. The molecule has 1 heterocycles. The molecule has 1 aromatic carbocycles. The Hall–Kier alpha value is -2.30. The van der Waals surface area contributed by atoms with Crippen molar-refractivity contribution in [1.82, 2.24) is 9.78 Å². The van der Waals surface area contributed by atoms with Gasteiger partial charge in [-0.2, -0.15) is 5.10 Å². The molecule has 0 saturated heterocycles. The first-order valence-electron chi connectivity index (χ1n) is 7.07. The van der Waals surface area contributed by atoms with Gasteiger partial charge in [0.1, 0.15) is 0 Å². The molecule has 21 heavy (non-hydrogen) atoms. The molecule has 0 unspecified atom stereocenters. The summed E-state index contributed by atoms with van der Waals surface area (Å²) in [7, 11) is 1.87. The minimum absolute atomic E-state index is 0.127. The molecule has 0 atom stereocenters. The fourth-order valence-electron chi connectivity index (χ4n) is 2.25. The molecule has 2 rings (SSSR count). The van der Waals surface area contributed by atoms with E-state index in [1.54, 1.807) is 4.68 Å². The van der Waals surface area contributed by atoms with Crippen LogP contribution in [0.4, 0.5) is 11.4 Å². The van der Waals surface area contributed by atoms with Crippen molar-refractivity contribution in [3.05, 3.63) is 41.2 Å². The Labute approximate surface area is 125 Å². The third-order valence-electron chi connectivity index (χ3n) is 3.36. The molecule has 112 valence electrons. The molecule has 0 bridgehead atoms. The fraction of sp³-hybridized carbons (Fsp3) is 0.375. The molecule has 0 aliphatic carbocycles. The van der Waals surface area contributed by atoms with Gasteiger partial charge in [0.25, 0.3) is 5.91 Å². The number of anilines is 2. The second-order valence-electron chi connectivity index (χ2n) is 5.47. The average molecular weight is 286 g/mol. The van der Waals surface area contributed by atoms with Crippen molar-refractivity contribution in [3.8, 4) is 0 Å². The summed E-state index contributed by atoms with van der Waals surface area (Å²) < 4.78 is 1.77. The van der Waals surface area contributed by atoms with E-state index >= 15 is 0 Å². The van der Waals surface area contributed by atoms with E-state index in [-0.39, 0.29) is 11.9 Å². The van der Waals surface area contributed by atoms with Crippen LogP contribution in [0.3, 0.4) is 0 Å². The number of rotatable bonds is 4. The minimum Gasteiger partial charge on any atom is -0.382 e. The molecule has 0 spiro atoms. The van der Waals surface area contributed by atoms with E-state index in [4.69, 9.17) is 0 Å². The molecule has 5 nitrogen and oxygen atoms in total. The number of nitrogens with zero attached hydrogens (tertiary/aromatic N) is 2. The maximum Gasteiger partial charge on any atom is 0.257 e. The SMILES string of the molecule is Cc1nn(C)c(C)c1NC(=O)c1ccccc1NC(C)C. The Kier molecular flexibility index (Phi) is 4.31. The van der Waals surface area contributed by atoms with Crippen LogP contribution in [-0.4, -0.2) is 21.7 Å². The molecular formula is C16H22N4O. The zero-order valence-corrected chi connectivity index (χ0v) is 13.2. The van der Waals surface area contributed by atoms with E-state index in [0.29, 0.717) is 5.56 Å². The molecule has 1 amide bonds. The number of hydrogen-bond donors (Lipinski definition) is 2. The fourth-order valence-corrected chi connectivity index (χ4v) is 2.25. The molecule has 0 saturated carbocycles. The van der Waals surface area contributed by atoms with Crippen molar-refractivity contribution >= 4 is 17.3 Å². The van der Waals surface area contributed by atoms with E-state index in [0.717, 1.165) is 22.8 Å². The highest BCUT2D eigenvalue weighted by Gasteiger charge is 2.16. The number of carbonyl (C=O) groups is 1. The van der Waals surface area contributed by atoms with Crippen LogP contribution >= 0.6 is 0 Å². The van der Waals surface area contributed by atoms with Gasteiger partial charge in [0.2, 0.25) is 0 Å². The average Bonchev–Trinajstić information content (AvgIpc) is 2.65. The Bertz CT molecular complexity index is 658. The van der Waals surface area contributed by atoms with E-state index in [1.807, 2.05) is 59.0 Å². The summed E-state index contributed by atoms with van der Waals surface area (Å²) in [5, 5.41) is 10.6. The predicted molar refractivity (Wildman–Crippen MR) is 85.8 cm³/mol. The normalized spacial score (nSPS) is 10.8. The van der Waals surface area contributed by atoms with Crippen LogP contribution in [0, 0.1) is 13.8 Å². The number of amides is 1. The van der Waals surface area contributed by atoms with Crippen LogP contribution < -0.4 is 10.6 Å². The summed E-state index contributed by atoms with van der Waals surface area (Å²) >= 11 is 0. The van der Waals surface area contributed by atoms with E-state index in [9.17, 15) is 4.79 Å². The van der Waals surface area contributed by atoms with Crippen LogP contribution in [0.1, 0.15) is 35.6 Å². The van der Waals surface area contributed by atoms with Crippen LogP contribution in [0.5, 0.6) is 0 Å². The van der Waals surface area contributed by atoms with Gasteiger partial charge in [-0.25, -0.2) is 0 Å². The Morgan fingerprint density at radius 3 is 2.48 bits per heavy atom. The monoisotopic (exact) mass is 286 g/mol. The van der Waals surface area contributed by atoms with Gasteiger partial charge < -0.3 is 10.6 Å². The van der Waals surface area contributed by atoms with Crippen molar-refractivity contribution in [3.63, 3.8) is 0 Å². The molecular weight excluding hydrogens is 264 g/mol. The van der Waals surface area contributed by atoms with Crippen molar-refractivity contribution in [2.24, 2.45) is 7.05 Å². The third kappa shape index (κ3) is 3.24. The zero-order valence-electron chi connectivity index (χ0n) is 13.2. The molecule has 0 aliphatic rings. The Morgan fingerprint density at radius 2 is 1.90 bits per heavy atom. The van der Waals surface area contributed by atoms with Crippen molar-refractivity contribution in [2.45, 2.75) is 33.7 Å². The molecule has 0 fully saturated rings. The number of hydrogen-bond acceptors (Lipinski definition) is 3. The zero-order chi connectivity index (χ0) is 15.6. The maximum atomic E-state index is 12.5. The number of aryl methyl sites for hydroxylation is 2. The Balaban J connectivity index is 2.29. The van der Waals surface area contributed by atoms with Crippen LogP contribution in [0.2, 0.25) is 0 Å². The van der Waals surface area contributed by atoms with Gasteiger partial charge in [-0.15, -0.1) is 0 Å². The highest BCUT2D eigenvalue weighted by Crippen LogP contribution is 2.22. The minimum atomic E-state index is -0.127. The molecule has 2 aromatic rings. The summed E-state index contributed by atoms with van der Waals surface area (Å²) in [6.45, 7) is 7.92. The lowest BCUT2D eigenvalue weighted by Crippen LogP contribution is -2.18. The number of benzene rings is 1. The quantitative estimate of drug-likeness (QED) is 0.908. The van der Waals surface area contributed by atoms with Crippen molar-refractivity contribution in [2.75, 3.05) is 10.6 Å². The topological polar surface area (TPSA) is 59.0 Å². The highest BCUT2D eigenvalue weighted by atomic mass is 16.1. The van der Waals surface area contributed by atoms with Crippen LogP contribution in [-0.2, 0) is 7.05 Å².